The van der Waals surface area contributed by atoms with Gasteiger partial charge in [-0.05, 0) is 31.7 Å². The van der Waals surface area contributed by atoms with Crippen molar-refractivity contribution < 1.29 is 8.78 Å². The first kappa shape index (κ1) is 12.7. The van der Waals surface area contributed by atoms with E-state index in [1.165, 1.54) is 6.07 Å². The van der Waals surface area contributed by atoms with Crippen LogP contribution in [-0.4, -0.2) is 16.8 Å². The van der Waals surface area contributed by atoms with Crippen LogP contribution in [0.1, 0.15) is 22.9 Å². The summed E-state index contributed by atoms with van der Waals surface area (Å²) in [6.07, 6.45) is 1.87. The Hall–Kier alpha value is -1.75. The molecule has 18 heavy (non-hydrogen) atoms. The molecule has 96 valence electrons. The molecule has 2 aromatic rings. The predicted molar refractivity (Wildman–Crippen MR) is 65.2 cm³/mol. The van der Waals surface area contributed by atoms with Crippen LogP contribution in [-0.2, 0) is 7.05 Å². The topological polar surface area (TPSA) is 29.9 Å². The number of aromatic nitrogens is 2. The summed E-state index contributed by atoms with van der Waals surface area (Å²) in [5, 5.41) is 7.35. The number of benzene rings is 1. The lowest BCUT2D eigenvalue weighted by atomic mass is 9.99. The van der Waals surface area contributed by atoms with Crippen LogP contribution in [0.3, 0.4) is 0 Å². The summed E-state index contributed by atoms with van der Waals surface area (Å²) in [7, 11) is 3.60. The fraction of sp³-hybridized carbons (Fsp3) is 0.308. The maximum atomic E-state index is 13.3. The SMILES string of the molecule is CNC(c1ccc(F)c(F)c1)c1cn(C)nc1C. The summed E-state index contributed by atoms with van der Waals surface area (Å²) in [6, 6.07) is 3.73. The molecule has 1 heterocycles. The van der Waals surface area contributed by atoms with Crippen LogP contribution < -0.4 is 5.32 Å². The van der Waals surface area contributed by atoms with Gasteiger partial charge in [-0.1, -0.05) is 6.07 Å². The van der Waals surface area contributed by atoms with Crippen molar-refractivity contribution in [2.24, 2.45) is 7.05 Å². The summed E-state index contributed by atoms with van der Waals surface area (Å²) in [6.45, 7) is 1.89. The largest absolute Gasteiger partial charge is 0.309 e. The molecule has 2 rings (SSSR count). The van der Waals surface area contributed by atoms with Crippen molar-refractivity contribution in [3.63, 3.8) is 0 Å². The third-order valence-corrected chi connectivity index (χ3v) is 2.93. The van der Waals surface area contributed by atoms with Gasteiger partial charge in [-0.25, -0.2) is 8.78 Å². The zero-order chi connectivity index (χ0) is 13.3. The zero-order valence-electron chi connectivity index (χ0n) is 10.5. The number of hydrogen-bond donors (Lipinski definition) is 1. The number of aryl methyl sites for hydroxylation is 2. The monoisotopic (exact) mass is 251 g/mol. The highest BCUT2D eigenvalue weighted by molar-refractivity contribution is 5.33. The summed E-state index contributed by atoms with van der Waals surface area (Å²) in [5.41, 5.74) is 2.49. The second-order valence-corrected chi connectivity index (χ2v) is 4.24. The van der Waals surface area contributed by atoms with Gasteiger partial charge in [0.05, 0.1) is 11.7 Å². The van der Waals surface area contributed by atoms with Gasteiger partial charge < -0.3 is 5.32 Å². The molecule has 0 saturated carbocycles. The van der Waals surface area contributed by atoms with Crippen molar-refractivity contribution in [2.75, 3.05) is 7.05 Å². The second kappa shape index (κ2) is 4.86. The van der Waals surface area contributed by atoms with Crippen LogP contribution >= 0.6 is 0 Å². The number of halogens is 2. The van der Waals surface area contributed by atoms with Crippen molar-refractivity contribution in [1.82, 2.24) is 15.1 Å². The molecule has 0 amide bonds. The van der Waals surface area contributed by atoms with Gasteiger partial charge in [0.1, 0.15) is 0 Å². The molecule has 0 radical (unpaired) electrons. The van der Waals surface area contributed by atoms with Gasteiger partial charge in [0.15, 0.2) is 11.6 Å². The van der Waals surface area contributed by atoms with Crippen LogP contribution in [0, 0.1) is 18.6 Å². The average Bonchev–Trinajstić information content (AvgIpc) is 2.64. The first-order chi connectivity index (χ1) is 8.52. The number of rotatable bonds is 3. The van der Waals surface area contributed by atoms with Gasteiger partial charge in [-0.3, -0.25) is 4.68 Å². The van der Waals surface area contributed by atoms with E-state index in [1.54, 1.807) is 17.8 Å². The van der Waals surface area contributed by atoms with E-state index in [9.17, 15) is 8.78 Å². The molecule has 1 aromatic carbocycles. The number of nitrogens with zero attached hydrogens (tertiary/aromatic N) is 2. The van der Waals surface area contributed by atoms with E-state index >= 15 is 0 Å². The fourth-order valence-corrected chi connectivity index (χ4v) is 2.09. The highest BCUT2D eigenvalue weighted by Crippen LogP contribution is 2.25. The summed E-state index contributed by atoms with van der Waals surface area (Å²) in [5.74, 6) is -1.68. The van der Waals surface area contributed by atoms with E-state index in [0.717, 1.165) is 17.3 Å². The predicted octanol–water partition coefficient (Wildman–Crippen LogP) is 2.32. The maximum absolute atomic E-state index is 13.3. The Labute approximate surface area is 104 Å². The molecule has 5 heteroatoms. The highest BCUT2D eigenvalue weighted by atomic mass is 19.2. The van der Waals surface area contributed by atoms with Gasteiger partial charge in [0.2, 0.25) is 0 Å². The molecule has 0 aliphatic rings. The Balaban J connectivity index is 2.45. The molecule has 0 aliphatic heterocycles. The Bertz CT molecular complexity index is 563. The minimum atomic E-state index is -0.839. The Morgan fingerprint density at radius 3 is 2.50 bits per heavy atom. The first-order valence-electron chi connectivity index (χ1n) is 5.65. The summed E-state index contributed by atoms with van der Waals surface area (Å²) in [4.78, 5) is 0. The van der Waals surface area contributed by atoms with E-state index in [4.69, 9.17) is 0 Å². The van der Waals surface area contributed by atoms with Crippen LogP contribution in [0.15, 0.2) is 24.4 Å². The lowest BCUT2D eigenvalue weighted by Gasteiger charge is -2.16. The quantitative estimate of drug-likeness (QED) is 0.907. The van der Waals surface area contributed by atoms with Gasteiger partial charge in [-0.2, -0.15) is 5.10 Å². The smallest absolute Gasteiger partial charge is 0.159 e. The molecule has 0 saturated heterocycles. The molecular weight excluding hydrogens is 236 g/mol. The van der Waals surface area contributed by atoms with E-state index in [1.807, 2.05) is 20.2 Å². The zero-order valence-corrected chi connectivity index (χ0v) is 10.5. The van der Waals surface area contributed by atoms with Gasteiger partial charge in [0.25, 0.3) is 0 Å². The lowest BCUT2D eigenvalue weighted by Crippen LogP contribution is -2.18. The van der Waals surface area contributed by atoms with Gasteiger partial charge in [-0.15, -0.1) is 0 Å². The molecule has 1 N–H and O–H groups in total. The van der Waals surface area contributed by atoms with Crippen molar-refractivity contribution in [3.8, 4) is 0 Å². The molecule has 0 aliphatic carbocycles. The van der Waals surface area contributed by atoms with Crippen LogP contribution in [0.5, 0.6) is 0 Å². The van der Waals surface area contributed by atoms with Crippen LogP contribution in [0.25, 0.3) is 0 Å². The summed E-state index contributed by atoms with van der Waals surface area (Å²) < 4.78 is 27.9. The molecule has 1 atom stereocenters. The van der Waals surface area contributed by atoms with Crippen molar-refractivity contribution in [3.05, 3.63) is 52.9 Å². The molecular formula is C13H15F2N3. The Morgan fingerprint density at radius 1 is 1.28 bits per heavy atom. The van der Waals surface area contributed by atoms with Crippen LogP contribution in [0.2, 0.25) is 0 Å². The molecule has 3 nitrogen and oxygen atoms in total. The van der Waals surface area contributed by atoms with E-state index < -0.39 is 11.6 Å². The first-order valence-corrected chi connectivity index (χ1v) is 5.65. The lowest BCUT2D eigenvalue weighted by molar-refractivity contribution is 0.505. The van der Waals surface area contributed by atoms with Gasteiger partial charge in [0, 0.05) is 18.8 Å². The van der Waals surface area contributed by atoms with E-state index in [-0.39, 0.29) is 6.04 Å². The Kier molecular flexibility index (Phi) is 3.43. The number of nitrogens with one attached hydrogen (secondary N) is 1. The van der Waals surface area contributed by atoms with E-state index in [2.05, 4.69) is 10.4 Å². The third-order valence-electron chi connectivity index (χ3n) is 2.93. The third kappa shape index (κ3) is 2.26. The highest BCUT2D eigenvalue weighted by Gasteiger charge is 2.18. The molecule has 0 bridgehead atoms. The van der Waals surface area contributed by atoms with Crippen molar-refractivity contribution >= 4 is 0 Å². The minimum absolute atomic E-state index is 0.200. The van der Waals surface area contributed by atoms with E-state index in [0.29, 0.717) is 5.56 Å². The number of hydrogen-bond acceptors (Lipinski definition) is 2. The molecule has 0 spiro atoms. The summed E-state index contributed by atoms with van der Waals surface area (Å²) >= 11 is 0. The normalized spacial score (nSPS) is 12.7. The standard InChI is InChI=1S/C13H15F2N3/c1-8-10(7-18(3)17-8)13(16-2)9-4-5-11(14)12(15)6-9/h4-7,13,16H,1-3H3. The Morgan fingerprint density at radius 2 is 2.00 bits per heavy atom. The molecule has 1 unspecified atom stereocenters. The average molecular weight is 251 g/mol. The minimum Gasteiger partial charge on any atom is -0.309 e. The van der Waals surface area contributed by atoms with Crippen molar-refractivity contribution in [2.45, 2.75) is 13.0 Å². The fourth-order valence-electron chi connectivity index (χ4n) is 2.09. The molecule has 0 fully saturated rings. The maximum Gasteiger partial charge on any atom is 0.159 e. The van der Waals surface area contributed by atoms with Crippen LogP contribution in [0.4, 0.5) is 8.78 Å². The second-order valence-electron chi connectivity index (χ2n) is 4.24. The van der Waals surface area contributed by atoms with Gasteiger partial charge >= 0.3 is 0 Å². The molecule has 1 aromatic heterocycles. The van der Waals surface area contributed by atoms with Crippen molar-refractivity contribution in [1.29, 1.82) is 0 Å².